The highest BCUT2D eigenvalue weighted by Crippen LogP contribution is 2.14. The summed E-state index contributed by atoms with van der Waals surface area (Å²) in [6, 6.07) is 9.46. The second-order valence-corrected chi connectivity index (χ2v) is 5.18. The zero-order chi connectivity index (χ0) is 13.9. The summed E-state index contributed by atoms with van der Waals surface area (Å²) in [4.78, 5) is 0. The van der Waals surface area contributed by atoms with Crippen LogP contribution in [0.15, 0.2) is 24.3 Å². The zero-order valence-electron chi connectivity index (χ0n) is 12.4. The molecule has 0 saturated carbocycles. The van der Waals surface area contributed by atoms with Crippen molar-refractivity contribution in [2.24, 2.45) is 0 Å². The quantitative estimate of drug-likeness (QED) is 0.508. The molecule has 0 radical (unpaired) electrons. The van der Waals surface area contributed by atoms with E-state index in [1.165, 1.54) is 30.4 Å². The average Bonchev–Trinajstić information content (AvgIpc) is 2.45. The molecule has 1 N–H and O–H groups in total. The van der Waals surface area contributed by atoms with Gasteiger partial charge in [-0.25, -0.2) is 0 Å². The largest absolute Gasteiger partial charge is 0.310 e. The van der Waals surface area contributed by atoms with Crippen LogP contribution in [0.1, 0.15) is 63.1 Å². The maximum absolute atomic E-state index is 5.24. The van der Waals surface area contributed by atoms with Gasteiger partial charge in [0.15, 0.2) is 0 Å². The highest BCUT2D eigenvalue weighted by atomic mass is 14.9. The van der Waals surface area contributed by atoms with E-state index in [9.17, 15) is 0 Å². The second kappa shape index (κ2) is 9.64. The van der Waals surface area contributed by atoms with E-state index in [1.54, 1.807) is 0 Å². The van der Waals surface area contributed by atoms with Gasteiger partial charge in [0.2, 0.25) is 0 Å². The molecule has 0 aliphatic carbocycles. The fraction of sp³-hybridized carbons (Fsp3) is 0.556. The summed E-state index contributed by atoms with van der Waals surface area (Å²) in [5.74, 6) is 2.68. The van der Waals surface area contributed by atoms with Gasteiger partial charge in [0.05, 0.1) is 0 Å². The maximum atomic E-state index is 5.24. The molecule has 0 bridgehead atoms. The van der Waals surface area contributed by atoms with Crippen LogP contribution in [0.25, 0.3) is 0 Å². The first-order chi connectivity index (χ1) is 9.27. The molecule has 0 heterocycles. The van der Waals surface area contributed by atoms with Crippen molar-refractivity contribution in [2.75, 3.05) is 6.54 Å². The van der Waals surface area contributed by atoms with E-state index >= 15 is 0 Å². The lowest BCUT2D eigenvalue weighted by molar-refractivity contribution is 0.549. The van der Waals surface area contributed by atoms with Crippen LogP contribution in [0.4, 0.5) is 0 Å². The van der Waals surface area contributed by atoms with Crippen LogP contribution in [-0.4, -0.2) is 6.54 Å². The molecule has 0 aliphatic heterocycles. The summed E-state index contributed by atoms with van der Waals surface area (Å²) >= 11 is 0. The number of aryl methyl sites for hydroxylation is 1. The summed E-state index contributed by atoms with van der Waals surface area (Å²) in [5, 5.41) is 3.55. The van der Waals surface area contributed by atoms with Crippen molar-refractivity contribution in [3.63, 3.8) is 0 Å². The maximum Gasteiger partial charge on any atom is 0.0291 e. The summed E-state index contributed by atoms with van der Waals surface area (Å²) < 4.78 is 0. The van der Waals surface area contributed by atoms with E-state index in [0.717, 1.165) is 25.8 Å². The number of terminal acetylenes is 1. The predicted molar refractivity (Wildman–Crippen MR) is 84.2 cm³/mol. The van der Waals surface area contributed by atoms with Gasteiger partial charge in [-0.15, -0.1) is 12.3 Å². The summed E-state index contributed by atoms with van der Waals surface area (Å²) in [6.07, 6.45) is 12.1. The molecule has 0 aliphatic rings. The number of benzene rings is 1. The fourth-order valence-corrected chi connectivity index (χ4v) is 2.14. The molecule has 1 aromatic rings. The van der Waals surface area contributed by atoms with Crippen molar-refractivity contribution >= 4 is 0 Å². The van der Waals surface area contributed by atoms with E-state index in [2.05, 4.69) is 49.4 Å². The Labute approximate surface area is 118 Å². The van der Waals surface area contributed by atoms with Crippen molar-refractivity contribution < 1.29 is 0 Å². The molecule has 19 heavy (non-hydrogen) atoms. The first kappa shape index (κ1) is 15.8. The van der Waals surface area contributed by atoms with E-state index < -0.39 is 0 Å². The van der Waals surface area contributed by atoms with Gasteiger partial charge >= 0.3 is 0 Å². The lowest BCUT2D eigenvalue weighted by Gasteiger charge is -2.14. The van der Waals surface area contributed by atoms with Gasteiger partial charge in [-0.05, 0) is 50.3 Å². The first-order valence-electron chi connectivity index (χ1n) is 7.53. The number of hydrogen-bond donors (Lipinski definition) is 1. The van der Waals surface area contributed by atoms with E-state index in [1.807, 2.05) is 0 Å². The third-order valence-corrected chi connectivity index (χ3v) is 3.50. The molecule has 1 nitrogen and oxygen atoms in total. The Morgan fingerprint density at radius 3 is 2.53 bits per heavy atom. The monoisotopic (exact) mass is 257 g/mol. The summed E-state index contributed by atoms with van der Waals surface area (Å²) in [5.41, 5.74) is 2.82. The Hall–Kier alpha value is -1.26. The molecule has 1 heteroatoms. The number of hydrogen-bond acceptors (Lipinski definition) is 1. The first-order valence-corrected chi connectivity index (χ1v) is 7.53. The lowest BCUT2D eigenvalue weighted by atomic mass is 10.0. The zero-order valence-corrected chi connectivity index (χ0v) is 12.4. The van der Waals surface area contributed by atoms with Crippen molar-refractivity contribution in [1.29, 1.82) is 0 Å². The smallest absolute Gasteiger partial charge is 0.0291 e. The lowest BCUT2D eigenvalue weighted by Crippen LogP contribution is -2.19. The summed E-state index contributed by atoms with van der Waals surface area (Å²) in [7, 11) is 0. The normalized spacial score (nSPS) is 12.1. The van der Waals surface area contributed by atoms with Crippen LogP contribution in [-0.2, 0) is 6.42 Å². The van der Waals surface area contributed by atoms with Crippen molar-refractivity contribution in [1.82, 2.24) is 5.32 Å². The van der Waals surface area contributed by atoms with Gasteiger partial charge < -0.3 is 5.32 Å². The van der Waals surface area contributed by atoms with Gasteiger partial charge in [-0.2, -0.15) is 0 Å². The fourth-order valence-electron chi connectivity index (χ4n) is 2.14. The average molecular weight is 257 g/mol. The molecule has 1 atom stereocenters. The number of nitrogens with one attached hydrogen (secondary N) is 1. The SMILES string of the molecule is C#CCCCCNC(C)c1ccc(CCCC)cc1. The van der Waals surface area contributed by atoms with Gasteiger partial charge in [-0.3, -0.25) is 0 Å². The molecule has 0 amide bonds. The topological polar surface area (TPSA) is 12.0 Å². The molecule has 1 unspecified atom stereocenters. The van der Waals surface area contributed by atoms with Crippen LogP contribution < -0.4 is 5.32 Å². The standard InChI is InChI=1S/C18H27N/c1-4-6-8-9-15-19-16(3)18-13-11-17(12-14-18)10-7-5-2/h1,11-14,16,19H,5-10,15H2,2-3H3. The van der Waals surface area contributed by atoms with Crippen molar-refractivity contribution in [3.05, 3.63) is 35.4 Å². The van der Waals surface area contributed by atoms with Gasteiger partial charge in [0.1, 0.15) is 0 Å². The van der Waals surface area contributed by atoms with Crippen LogP contribution in [0.2, 0.25) is 0 Å². The molecular formula is C18H27N. The molecule has 0 spiro atoms. The Morgan fingerprint density at radius 2 is 1.89 bits per heavy atom. The minimum absolute atomic E-state index is 0.422. The highest BCUT2D eigenvalue weighted by molar-refractivity contribution is 5.24. The molecule has 0 saturated heterocycles. The Morgan fingerprint density at radius 1 is 1.16 bits per heavy atom. The highest BCUT2D eigenvalue weighted by Gasteiger charge is 2.03. The molecule has 1 aromatic carbocycles. The van der Waals surface area contributed by atoms with Crippen LogP contribution >= 0.6 is 0 Å². The van der Waals surface area contributed by atoms with E-state index in [4.69, 9.17) is 6.42 Å². The molecular weight excluding hydrogens is 230 g/mol. The molecule has 1 rings (SSSR count). The summed E-state index contributed by atoms with van der Waals surface area (Å²) in [6.45, 7) is 5.50. The number of unbranched alkanes of at least 4 members (excludes halogenated alkanes) is 3. The number of rotatable bonds is 9. The van der Waals surface area contributed by atoms with Crippen LogP contribution in [0, 0.1) is 12.3 Å². The van der Waals surface area contributed by atoms with Gasteiger partial charge in [0, 0.05) is 12.5 Å². The second-order valence-electron chi connectivity index (χ2n) is 5.18. The third kappa shape index (κ3) is 6.45. The van der Waals surface area contributed by atoms with Gasteiger partial charge in [0.25, 0.3) is 0 Å². The molecule has 104 valence electrons. The predicted octanol–water partition coefficient (Wildman–Crippen LogP) is 4.48. The van der Waals surface area contributed by atoms with Crippen LogP contribution in [0.5, 0.6) is 0 Å². The Bertz CT molecular complexity index is 372. The van der Waals surface area contributed by atoms with E-state index in [-0.39, 0.29) is 0 Å². The molecule has 0 aromatic heterocycles. The third-order valence-electron chi connectivity index (χ3n) is 3.50. The Kier molecular flexibility index (Phi) is 8.02. The Balaban J connectivity index is 2.32. The van der Waals surface area contributed by atoms with Crippen LogP contribution in [0.3, 0.4) is 0 Å². The molecule has 0 fully saturated rings. The van der Waals surface area contributed by atoms with Crippen molar-refractivity contribution in [3.8, 4) is 12.3 Å². The van der Waals surface area contributed by atoms with Crippen molar-refractivity contribution in [2.45, 2.75) is 58.4 Å². The van der Waals surface area contributed by atoms with E-state index in [0.29, 0.717) is 6.04 Å². The minimum Gasteiger partial charge on any atom is -0.310 e. The van der Waals surface area contributed by atoms with Gasteiger partial charge in [-0.1, -0.05) is 37.6 Å². The minimum atomic E-state index is 0.422.